The van der Waals surface area contributed by atoms with Crippen LogP contribution in [0.2, 0.25) is 0 Å². The van der Waals surface area contributed by atoms with E-state index in [2.05, 4.69) is 19.9 Å². The molecule has 2 aromatic rings. The summed E-state index contributed by atoms with van der Waals surface area (Å²) in [6.45, 7) is 11.3. The van der Waals surface area contributed by atoms with E-state index >= 15 is 0 Å². The van der Waals surface area contributed by atoms with E-state index in [0.29, 0.717) is 12.1 Å². The number of aryl methyl sites for hydroxylation is 1. The first kappa shape index (κ1) is 25.1. The number of sulfonamides is 1. The highest BCUT2D eigenvalue weighted by molar-refractivity contribution is 7.89. The predicted octanol–water partition coefficient (Wildman–Crippen LogP) is 3.34. The first-order valence-electron chi connectivity index (χ1n) is 11.3. The second-order valence-corrected chi connectivity index (χ2v) is 10.9. The summed E-state index contributed by atoms with van der Waals surface area (Å²) in [5.74, 6) is 0.517. The Labute approximate surface area is 196 Å². The van der Waals surface area contributed by atoms with Gasteiger partial charge in [0.05, 0.1) is 29.0 Å². The molecule has 0 aliphatic carbocycles. The molecule has 0 bridgehead atoms. The fourth-order valence-corrected chi connectivity index (χ4v) is 5.10. The minimum absolute atomic E-state index is 0.118. The summed E-state index contributed by atoms with van der Waals surface area (Å²) in [7, 11) is -3.84. The van der Waals surface area contributed by atoms with Crippen LogP contribution in [0.5, 0.6) is 0 Å². The van der Waals surface area contributed by atoms with Crippen LogP contribution in [-0.2, 0) is 19.6 Å². The Hall–Kier alpha value is -2.49. The van der Waals surface area contributed by atoms with Gasteiger partial charge in [-0.1, -0.05) is 31.5 Å². The molecule has 8 nitrogen and oxygen atoms in total. The molecule has 1 aliphatic rings. The number of morpholine rings is 1. The van der Waals surface area contributed by atoms with Crippen molar-refractivity contribution in [1.82, 2.24) is 9.71 Å². The predicted molar refractivity (Wildman–Crippen MR) is 130 cm³/mol. The molecule has 33 heavy (non-hydrogen) atoms. The van der Waals surface area contributed by atoms with Gasteiger partial charge in [0, 0.05) is 13.1 Å². The fraction of sp³-hybridized carbons (Fsp3) is 0.500. The summed E-state index contributed by atoms with van der Waals surface area (Å²) in [5.41, 5.74) is 1.48. The van der Waals surface area contributed by atoms with E-state index in [4.69, 9.17) is 4.74 Å². The first-order chi connectivity index (χ1) is 15.5. The molecule has 3 atom stereocenters. The first-order valence-corrected chi connectivity index (χ1v) is 12.8. The number of carbonyl (C=O) groups excluding carboxylic acids is 1. The van der Waals surface area contributed by atoms with Crippen LogP contribution in [0.4, 0.5) is 11.5 Å². The summed E-state index contributed by atoms with van der Waals surface area (Å²) >= 11 is 0. The van der Waals surface area contributed by atoms with E-state index in [1.165, 1.54) is 12.1 Å². The second kappa shape index (κ2) is 10.6. The molecule has 0 spiro atoms. The monoisotopic (exact) mass is 474 g/mol. The molecule has 3 unspecified atom stereocenters. The molecule has 3 rings (SSSR count). The Morgan fingerprint density at radius 1 is 1.12 bits per heavy atom. The van der Waals surface area contributed by atoms with Crippen molar-refractivity contribution >= 4 is 27.4 Å². The van der Waals surface area contributed by atoms with E-state index in [1.54, 1.807) is 24.4 Å². The summed E-state index contributed by atoms with van der Waals surface area (Å²) in [5, 5.41) is 2.81. The van der Waals surface area contributed by atoms with Crippen LogP contribution in [0, 0.1) is 12.8 Å². The molecule has 180 valence electrons. The minimum Gasteiger partial charge on any atom is -0.372 e. The Kier molecular flexibility index (Phi) is 8.10. The van der Waals surface area contributed by atoms with E-state index in [0.717, 1.165) is 24.5 Å². The minimum atomic E-state index is -3.84. The van der Waals surface area contributed by atoms with Gasteiger partial charge in [-0.2, -0.15) is 4.72 Å². The molecule has 1 amide bonds. The fourth-order valence-electron chi connectivity index (χ4n) is 3.89. The lowest BCUT2D eigenvalue weighted by Crippen LogP contribution is -2.46. The van der Waals surface area contributed by atoms with Crippen molar-refractivity contribution < 1.29 is 17.9 Å². The highest BCUT2D eigenvalue weighted by atomic mass is 32.2. The molecule has 1 saturated heterocycles. The molecule has 1 aliphatic heterocycles. The highest BCUT2D eigenvalue weighted by Gasteiger charge is 2.27. The van der Waals surface area contributed by atoms with Gasteiger partial charge in [-0.3, -0.25) is 4.79 Å². The standard InChI is InChI=1S/C24H34N4O4S/c1-16(2)12-22(27-33(30,31)21-9-6-17(3)7-10-21)24(29)26-20-8-11-23(25-13-20)28-14-18(4)32-19(5)15-28/h6-11,13,16,18-19,22,27H,12,14-15H2,1-5H3,(H,26,29). The van der Waals surface area contributed by atoms with E-state index in [1.807, 2.05) is 40.7 Å². The van der Waals surface area contributed by atoms with Gasteiger partial charge in [0.25, 0.3) is 0 Å². The number of pyridine rings is 1. The Bertz CT molecular complexity index is 1030. The van der Waals surface area contributed by atoms with Gasteiger partial charge < -0.3 is 15.0 Å². The summed E-state index contributed by atoms with van der Waals surface area (Å²) in [6.07, 6.45) is 2.20. The quantitative estimate of drug-likeness (QED) is 0.609. The van der Waals surface area contributed by atoms with Gasteiger partial charge in [-0.05, 0) is 57.4 Å². The summed E-state index contributed by atoms with van der Waals surface area (Å²) in [4.78, 5) is 19.8. The van der Waals surface area contributed by atoms with Crippen LogP contribution in [0.3, 0.4) is 0 Å². The number of aromatic nitrogens is 1. The van der Waals surface area contributed by atoms with Gasteiger partial charge >= 0.3 is 0 Å². The van der Waals surface area contributed by atoms with Crippen LogP contribution in [0.1, 0.15) is 39.7 Å². The van der Waals surface area contributed by atoms with Crippen LogP contribution in [0.25, 0.3) is 0 Å². The van der Waals surface area contributed by atoms with Crippen molar-refractivity contribution in [1.29, 1.82) is 0 Å². The number of nitrogens with zero attached hydrogens (tertiary/aromatic N) is 2. The smallest absolute Gasteiger partial charge is 0.242 e. The molecule has 1 aromatic carbocycles. The Balaban J connectivity index is 1.70. The molecular formula is C24H34N4O4S. The molecule has 9 heteroatoms. The van der Waals surface area contributed by atoms with E-state index < -0.39 is 22.0 Å². The van der Waals surface area contributed by atoms with Crippen molar-refractivity contribution in [3.05, 3.63) is 48.2 Å². The third kappa shape index (κ3) is 6.99. The molecule has 2 N–H and O–H groups in total. The lowest BCUT2D eigenvalue weighted by Gasteiger charge is -2.36. The number of carbonyl (C=O) groups is 1. The zero-order valence-electron chi connectivity index (χ0n) is 19.9. The SMILES string of the molecule is Cc1ccc(S(=O)(=O)NC(CC(C)C)C(=O)Nc2ccc(N3CC(C)OC(C)C3)nc2)cc1. The summed E-state index contributed by atoms with van der Waals surface area (Å²) in [6, 6.07) is 9.28. The number of ether oxygens (including phenoxy) is 1. The van der Waals surface area contributed by atoms with Crippen molar-refractivity contribution in [2.24, 2.45) is 5.92 Å². The van der Waals surface area contributed by atoms with Crippen LogP contribution >= 0.6 is 0 Å². The number of rotatable bonds is 8. The number of benzene rings is 1. The molecule has 0 radical (unpaired) electrons. The molecular weight excluding hydrogens is 440 g/mol. The average Bonchev–Trinajstić information content (AvgIpc) is 2.73. The number of anilines is 2. The third-order valence-electron chi connectivity index (χ3n) is 5.41. The van der Waals surface area contributed by atoms with E-state index in [9.17, 15) is 13.2 Å². The lowest BCUT2D eigenvalue weighted by atomic mass is 10.0. The normalized spacial score (nSPS) is 20.0. The van der Waals surface area contributed by atoms with Crippen molar-refractivity contribution in [3.63, 3.8) is 0 Å². The number of hydrogen-bond donors (Lipinski definition) is 2. The number of amides is 1. The van der Waals surface area contributed by atoms with Gasteiger partial charge in [0.15, 0.2) is 0 Å². The van der Waals surface area contributed by atoms with Gasteiger partial charge in [-0.15, -0.1) is 0 Å². The maximum absolute atomic E-state index is 13.0. The average molecular weight is 475 g/mol. The third-order valence-corrected chi connectivity index (χ3v) is 6.90. The van der Waals surface area contributed by atoms with Gasteiger partial charge in [0.1, 0.15) is 11.9 Å². The maximum atomic E-state index is 13.0. The lowest BCUT2D eigenvalue weighted by molar-refractivity contribution is -0.118. The Morgan fingerprint density at radius 3 is 2.30 bits per heavy atom. The van der Waals surface area contributed by atoms with Crippen molar-refractivity contribution in [2.45, 2.75) is 64.2 Å². The second-order valence-electron chi connectivity index (χ2n) is 9.17. The Morgan fingerprint density at radius 2 is 1.76 bits per heavy atom. The molecule has 2 heterocycles. The maximum Gasteiger partial charge on any atom is 0.242 e. The number of hydrogen-bond acceptors (Lipinski definition) is 6. The zero-order valence-corrected chi connectivity index (χ0v) is 20.7. The molecule has 1 fully saturated rings. The van der Waals surface area contributed by atoms with Crippen LogP contribution in [0.15, 0.2) is 47.5 Å². The van der Waals surface area contributed by atoms with Gasteiger partial charge in [-0.25, -0.2) is 13.4 Å². The zero-order chi connectivity index (χ0) is 24.2. The van der Waals surface area contributed by atoms with Crippen LogP contribution in [-0.4, -0.2) is 50.6 Å². The van der Waals surface area contributed by atoms with Crippen LogP contribution < -0.4 is 14.9 Å². The number of nitrogens with one attached hydrogen (secondary N) is 2. The van der Waals surface area contributed by atoms with Crippen molar-refractivity contribution in [2.75, 3.05) is 23.3 Å². The van der Waals surface area contributed by atoms with Crippen molar-refractivity contribution in [3.8, 4) is 0 Å². The molecule has 1 aromatic heterocycles. The highest BCUT2D eigenvalue weighted by Crippen LogP contribution is 2.20. The molecule has 0 saturated carbocycles. The van der Waals surface area contributed by atoms with Gasteiger partial charge in [0.2, 0.25) is 15.9 Å². The largest absolute Gasteiger partial charge is 0.372 e. The van der Waals surface area contributed by atoms with E-state index in [-0.39, 0.29) is 23.0 Å². The summed E-state index contributed by atoms with van der Waals surface area (Å²) < 4.78 is 34.0. The topological polar surface area (TPSA) is 101 Å².